The van der Waals surface area contributed by atoms with Gasteiger partial charge in [0.15, 0.2) is 0 Å². The highest BCUT2D eigenvalue weighted by atomic mass is 32.2. The van der Waals surface area contributed by atoms with Crippen molar-refractivity contribution < 1.29 is 16.8 Å². The molecule has 3 rings (SSSR count). The number of hydrogen-bond acceptors (Lipinski definition) is 5. The summed E-state index contributed by atoms with van der Waals surface area (Å²) >= 11 is 0. The van der Waals surface area contributed by atoms with E-state index in [1.807, 2.05) is 31.2 Å². The summed E-state index contributed by atoms with van der Waals surface area (Å²) in [5, 5.41) is 4.42. The Kier molecular flexibility index (Phi) is 6.00. The maximum atomic E-state index is 12.6. The largest absolute Gasteiger partial charge is 0.284 e. The molecule has 1 heterocycles. The van der Waals surface area contributed by atoms with E-state index in [2.05, 4.69) is 9.82 Å². The molecule has 0 amide bonds. The molecule has 29 heavy (non-hydrogen) atoms. The molecule has 0 fully saturated rings. The molecule has 2 aromatic carbocycles. The molecular weight excluding hydrogens is 410 g/mol. The van der Waals surface area contributed by atoms with E-state index in [-0.39, 0.29) is 11.5 Å². The second-order valence-electron chi connectivity index (χ2n) is 6.94. The molecule has 156 valence electrons. The van der Waals surface area contributed by atoms with Gasteiger partial charge in [-0.2, -0.15) is 9.52 Å². The Hall–Kier alpha value is -2.39. The topological polar surface area (TPSA) is 95.9 Å². The zero-order valence-electron chi connectivity index (χ0n) is 16.7. The van der Waals surface area contributed by atoms with Crippen molar-refractivity contribution in [1.29, 1.82) is 0 Å². The van der Waals surface area contributed by atoms with Crippen LogP contribution in [-0.2, 0) is 20.0 Å². The molecule has 0 unspecified atom stereocenters. The molecule has 7 nitrogen and oxygen atoms in total. The van der Waals surface area contributed by atoms with Crippen LogP contribution >= 0.6 is 0 Å². The van der Waals surface area contributed by atoms with Gasteiger partial charge >= 0.3 is 0 Å². The smallest absolute Gasteiger partial charge is 0.250 e. The van der Waals surface area contributed by atoms with Crippen molar-refractivity contribution in [3.05, 3.63) is 65.2 Å². The van der Waals surface area contributed by atoms with Gasteiger partial charge in [0.1, 0.15) is 0 Å². The molecule has 2 aromatic rings. The second kappa shape index (κ2) is 8.16. The minimum Gasteiger partial charge on any atom is -0.284 e. The Balaban J connectivity index is 1.98. The highest BCUT2D eigenvalue weighted by molar-refractivity contribution is 7.92. The monoisotopic (exact) mass is 435 g/mol. The third-order valence-electron chi connectivity index (χ3n) is 4.83. The minimum absolute atomic E-state index is 0.0316. The van der Waals surface area contributed by atoms with Crippen molar-refractivity contribution in [3.8, 4) is 0 Å². The van der Waals surface area contributed by atoms with Crippen LogP contribution in [-0.4, -0.2) is 38.5 Å². The molecule has 0 aromatic heterocycles. The van der Waals surface area contributed by atoms with Crippen LogP contribution < -0.4 is 4.72 Å². The van der Waals surface area contributed by atoms with Gasteiger partial charge in [0.05, 0.1) is 23.3 Å². The lowest BCUT2D eigenvalue weighted by molar-refractivity contribution is 0.372. The first kappa shape index (κ1) is 21.3. The first-order valence-corrected chi connectivity index (χ1v) is 12.7. The Labute approximate surface area is 172 Å². The number of sulfonamides is 2. The quantitative estimate of drug-likeness (QED) is 0.722. The molecule has 0 saturated carbocycles. The van der Waals surface area contributed by atoms with E-state index in [4.69, 9.17) is 0 Å². The fourth-order valence-corrected chi connectivity index (χ4v) is 4.80. The van der Waals surface area contributed by atoms with Crippen LogP contribution in [0.1, 0.15) is 43.0 Å². The van der Waals surface area contributed by atoms with E-state index in [1.54, 1.807) is 38.1 Å². The average Bonchev–Trinajstić information content (AvgIpc) is 3.15. The number of aryl methyl sites for hydroxylation is 1. The van der Waals surface area contributed by atoms with Crippen LogP contribution in [0.3, 0.4) is 0 Å². The molecular formula is C20H25N3O4S2. The Bertz CT molecular complexity index is 1120. The highest BCUT2D eigenvalue weighted by Gasteiger charge is 2.35. The molecule has 0 radical (unpaired) electrons. The van der Waals surface area contributed by atoms with Gasteiger partial charge in [-0.1, -0.05) is 42.0 Å². The molecule has 0 bridgehead atoms. The first-order chi connectivity index (χ1) is 13.6. The summed E-state index contributed by atoms with van der Waals surface area (Å²) in [6, 6.07) is 14.2. The van der Waals surface area contributed by atoms with Crippen molar-refractivity contribution >= 4 is 31.4 Å². The zero-order chi connectivity index (χ0) is 21.2. The van der Waals surface area contributed by atoms with Crippen LogP contribution in [0.4, 0.5) is 5.69 Å². The molecule has 9 heteroatoms. The predicted octanol–water partition coefficient (Wildman–Crippen LogP) is 3.26. The number of anilines is 1. The minimum atomic E-state index is -3.55. The molecule has 1 atom stereocenters. The lowest BCUT2D eigenvalue weighted by atomic mass is 9.98. The van der Waals surface area contributed by atoms with Crippen molar-refractivity contribution in [3.63, 3.8) is 0 Å². The fraction of sp³-hybridized carbons (Fsp3) is 0.350. The molecule has 1 aliphatic heterocycles. The number of hydrazone groups is 1. The van der Waals surface area contributed by atoms with Crippen LogP contribution in [0.2, 0.25) is 0 Å². The normalized spacial score (nSPS) is 17.3. The maximum Gasteiger partial charge on any atom is 0.250 e. The van der Waals surface area contributed by atoms with Gasteiger partial charge in [0.25, 0.3) is 0 Å². The lowest BCUT2D eigenvalue weighted by Crippen LogP contribution is -2.28. The van der Waals surface area contributed by atoms with E-state index in [1.165, 1.54) is 4.41 Å². The van der Waals surface area contributed by atoms with Crippen molar-refractivity contribution in [2.45, 2.75) is 33.2 Å². The van der Waals surface area contributed by atoms with E-state index >= 15 is 0 Å². The Morgan fingerprint density at radius 2 is 1.72 bits per heavy atom. The summed E-state index contributed by atoms with van der Waals surface area (Å²) < 4.78 is 52.7. The summed E-state index contributed by atoms with van der Waals surface area (Å²) in [5.74, 6) is -0.0846. The first-order valence-electron chi connectivity index (χ1n) is 9.42. The van der Waals surface area contributed by atoms with E-state index in [9.17, 15) is 16.8 Å². The summed E-state index contributed by atoms with van der Waals surface area (Å²) in [7, 11) is -6.96. The van der Waals surface area contributed by atoms with E-state index in [0.29, 0.717) is 23.4 Å². The van der Waals surface area contributed by atoms with Gasteiger partial charge in [-0.3, -0.25) is 4.72 Å². The fourth-order valence-electron chi connectivity index (χ4n) is 3.10. The zero-order valence-corrected chi connectivity index (χ0v) is 18.3. The van der Waals surface area contributed by atoms with E-state index in [0.717, 1.165) is 11.1 Å². The third kappa shape index (κ3) is 4.79. The second-order valence-corrected chi connectivity index (χ2v) is 11.1. The molecule has 0 saturated heterocycles. The molecule has 1 aliphatic rings. The van der Waals surface area contributed by atoms with Crippen LogP contribution in [0.25, 0.3) is 0 Å². The van der Waals surface area contributed by atoms with Gasteiger partial charge in [0, 0.05) is 12.1 Å². The van der Waals surface area contributed by atoms with Gasteiger partial charge < -0.3 is 0 Å². The number of hydrogen-bond donors (Lipinski definition) is 1. The predicted molar refractivity (Wildman–Crippen MR) is 116 cm³/mol. The van der Waals surface area contributed by atoms with Crippen molar-refractivity contribution in [1.82, 2.24) is 4.41 Å². The van der Waals surface area contributed by atoms with Crippen LogP contribution in [0.15, 0.2) is 53.6 Å². The SMILES string of the molecule is CCS(=O)(=O)Nc1cccc(C2=NN(S(=O)(=O)CC)[C@@H](c3ccc(C)cc3)C2)c1. The maximum absolute atomic E-state index is 12.6. The highest BCUT2D eigenvalue weighted by Crippen LogP contribution is 2.35. The Morgan fingerprint density at radius 3 is 2.34 bits per heavy atom. The summed E-state index contributed by atoms with van der Waals surface area (Å²) in [6.45, 7) is 5.13. The number of nitrogens with one attached hydrogen (secondary N) is 1. The summed E-state index contributed by atoms with van der Waals surface area (Å²) in [5.41, 5.74) is 3.68. The van der Waals surface area contributed by atoms with Crippen LogP contribution in [0.5, 0.6) is 0 Å². The molecule has 0 aliphatic carbocycles. The van der Waals surface area contributed by atoms with Gasteiger partial charge in [0.2, 0.25) is 20.0 Å². The van der Waals surface area contributed by atoms with Crippen molar-refractivity contribution in [2.24, 2.45) is 5.10 Å². The van der Waals surface area contributed by atoms with Crippen LogP contribution in [0, 0.1) is 6.92 Å². The number of nitrogens with zero attached hydrogens (tertiary/aromatic N) is 2. The number of benzene rings is 2. The summed E-state index contributed by atoms with van der Waals surface area (Å²) in [6.07, 6.45) is 0.409. The van der Waals surface area contributed by atoms with Gasteiger partial charge in [-0.15, -0.1) is 0 Å². The third-order valence-corrected chi connectivity index (χ3v) is 7.78. The summed E-state index contributed by atoms with van der Waals surface area (Å²) in [4.78, 5) is 0. The molecule has 1 N–H and O–H groups in total. The average molecular weight is 436 g/mol. The van der Waals surface area contributed by atoms with Gasteiger partial charge in [-0.05, 0) is 44.0 Å². The van der Waals surface area contributed by atoms with Crippen molar-refractivity contribution in [2.75, 3.05) is 16.2 Å². The molecule has 0 spiro atoms. The Morgan fingerprint density at radius 1 is 1.03 bits per heavy atom. The standard InChI is InChI=1S/C20H25N3O4S2/c1-4-28(24,25)22-18-8-6-7-17(13-18)19-14-20(16-11-9-15(3)10-12-16)23(21-19)29(26,27)5-2/h6-13,20,22H,4-5,14H2,1-3H3/t20-/m1/s1. The lowest BCUT2D eigenvalue weighted by Gasteiger charge is -2.22. The van der Waals surface area contributed by atoms with E-state index < -0.39 is 26.1 Å². The van der Waals surface area contributed by atoms with Gasteiger partial charge in [-0.25, -0.2) is 16.8 Å². The number of rotatable bonds is 7.